The molecule has 0 spiro atoms. The number of aryl methyl sites for hydroxylation is 1. The minimum Gasteiger partial charge on any atom is -0.388 e. The zero-order valence-electron chi connectivity index (χ0n) is 9.86. The number of rotatable bonds is 3. The van der Waals surface area contributed by atoms with Crippen LogP contribution < -0.4 is 5.73 Å². The molecule has 15 heavy (non-hydrogen) atoms. The van der Waals surface area contributed by atoms with Gasteiger partial charge in [-0.25, -0.2) is 0 Å². The molecule has 1 unspecified atom stereocenters. The molecule has 5 heteroatoms. The molecule has 1 rings (SSSR count). The molecule has 0 saturated carbocycles. The van der Waals surface area contributed by atoms with Crippen molar-refractivity contribution in [3.05, 3.63) is 11.9 Å². The fraction of sp³-hybridized carbons (Fsp3) is 0.800. The highest BCUT2D eigenvalue weighted by atomic mass is 16.3. The lowest BCUT2D eigenvalue weighted by Gasteiger charge is -2.38. The normalized spacial score (nSPS) is 16.4. The molecule has 1 aromatic rings. The van der Waals surface area contributed by atoms with Gasteiger partial charge < -0.3 is 10.8 Å². The maximum atomic E-state index is 10.4. The van der Waals surface area contributed by atoms with E-state index in [0.29, 0.717) is 6.42 Å². The van der Waals surface area contributed by atoms with E-state index in [1.54, 1.807) is 17.9 Å². The quantitative estimate of drug-likeness (QED) is 0.744. The zero-order valence-corrected chi connectivity index (χ0v) is 9.86. The van der Waals surface area contributed by atoms with Gasteiger partial charge in [-0.1, -0.05) is 26.0 Å². The maximum Gasteiger partial charge on any atom is 0.0873 e. The predicted molar refractivity (Wildman–Crippen MR) is 58.2 cm³/mol. The molecule has 1 heterocycles. The van der Waals surface area contributed by atoms with Gasteiger partial charge in [0.15, 0.2) is 0 Å². The highest BCUT2D eigenvalue weighted by molar-refractivity contribution is 5.04. The number of hydrogen-bond donors (Lipinski definition) is 2. The molecule has 86 valence electrons. The fourth-order valence-corrected chi connectivity index (χ4v) is 1.42. The van der Waals surface area contributed by atoms with Gasteiger partial charge in [-0.2, -0.15) is 0 Å². The van der Waals surface area contributed by atoms with Crippen LogP contribution in [0.4, 0.5) is 0 Å². The number of aliphatic hydroxyl groups is 1. The minimum atomic E-state index is -0.941. The Morgan fingerprint density at radius 1 is 1.47 bits per heavy atom. The van der Waals surface area contributed by atoms with Crippen molar-refractivity contribution in [3.63, 3.8) is 0 Å². The van der Waals surface area contributed by atoms with E-state index in [1.807, 2.05) is 20.8 Å². The van der Waals surface area contributed by atoms with Crippen LogP contribution in [0.25, 0.3) is 0 Å². The van der Waals surface area contributed by atoms with E-state index in [4.69, 9.17) is 5.73 Å². The summed E-state index contributed by atoms with van der Waals surface area (Å²) in [5.74, 6) is 0. The van der Waals surface area contributed by atoms with Gasteiger partial charge in [-0.05, 0) is 5.41 Å². The van der Waals surface area contributed by atoms with Crippen molar-refractivity contribution in [3.8, 4) is 0 Å². The summed E-state index contributed by atoms with van der Waals surface area (Å²) in [6.45, 7) is 6.12. The third-order valence-corrected chi connectivity index (χ3v) is 2.86. The van der Waals surface area contributed by atoms with Crippen LogP contribution in [0.15, 0.2) is 6.20 Å². The lowest BCUT2D eigenvalue weighted by molar-refractivity contribution is -0.0497. The average molecular weight is 212 g/mol. The Morgan fingerprint density at radius 3 is 2.40 bits per heavy atom. The van der Waals surface area contributed by atoms with Crippen molar-refractivity contribution in [1.82, 2.24) is 15.0 Å². The highest BCUT2D eigenvalue weighted by Gasteiger charge is 2.39. The number of nitrogens with zero attached hydrogens (tertiary/aromatic N) is 3. The van der Waals surface area contributed by atoms with Crippen LogP contribution in [-0.4, -0.2) is 32.2 Å². The molecule has 0 aromatic carbocycles. The second-order valence-corrected chi connectivity index (χ2v) is 5.05. The molecule has 0 fully saturated rings. The van der Waals surface area contributed by atoms with Gasteiger partial charge in [0.05, 0.1) is 11.3 Å². The lowest BCUT2D eigenvalue weighted by atomic mass is 9.74. The van der Waals surface area contributed by atoms with Crippen LogP contribution in [-0.2, 0) is 13.5 Å². The summed E-state index contributed by atoms with van der Waals surface area (Å²) in [6, 6.07) is 0. The van der Waals surface area contributed by atoms with Crippen molar-refractivity contribution in [1.29, 1.82) is 0 Å². The SMILES string of the molecule is Cn1cc(CC(O)(CN)C(C)(C)C)nn1. The molecule has 0 aliphatic carbocycles. The molecule has 0 amide bonds. The molecule has 5 nitrogen and oxygen atoms in total. The first-order valence-corrected chi connectivity index (χ1v) is 5.06. The third-order valence-electron chi connectivity index (χ3n) is 2.86. The van der Waals surface area contributed by atoms with Crippen molar-refractivity contribution >= 4 is 0 Å². The van der Waals surface area contributed by atoms with Gasteiger partial charge in [0, 0.05) is 26.2 Å². The van der Waals surface area contributed by atoms with E-state index in [-0.39, 0.29) is 12.0 Å². The standard InChI is InChI=1S/C10H20N4O/c1-9(2,3)10(15,7-11)5-8-6-14(4)13-12-8/h6,15H,5,7,11H2,1-4H3. The van der Waals surface area contributed by atoms with E-state index in [9.17, 15) is 5.11 Å². The predicted octanol–water partition coefficient (Wildman–Crippen LogP) is 0.0935. The summed E-state index contributed by atoms with van der Waals surface area (Å²) in [6.07, 6.45) is 2.23. The number of hydrogen-bond acceptors (Lipinski definition) is 4. The van der Waals surface area contributed by atoms with Crippen LogP contribution in [0, 0.1) is 5.41 Å². The van der Waals surface area contributed by atoms with Crippen molar-refractivity contribution in [2.24, 2.45) is 18.2 Å². The molecule has 1 aromatic heterocycles. The molecular weight excluding hydrogens is 192 g/mol. The molecule has 0 radical (unpaired) electrons. The van der Waals surface area contributed by atoms with E-state index in [0.717, 1.165) is 5.69 Å². The van der Waals surface area contributed by atoms with Crippen molar-refractivity contribution in [2.75, 3.05) is 6.54 Å². The Bertz CT molecular complexity index is 328. The summed E-state index contributed by atoms with van der Waals surface area (Å²) < 4.78 is 1.62. The Labute approximate surface area is 90.3 Å². The van der Waals surface area contributed by atoms with E-state index in [2.05, 4.69) is 10.3 Å². The Hall–Kier alpha value is -0.940. The van der Waals surface area contributed by atoms with Crippen LogP contribution in [0.2, 0.25) is 0 Å². The number of nitrogens with two attached hydrogens (primary N) is 1. The first-order valence-electron chi connectivity index (χ1n) is 5.06. The Kier molecular flexibility index (Phi) is 3.16. The second kappa shape index (κ2) is 3.90. The van der Waals surface area contributed by atoms with Crippen LogP contribution >= 0.6 is 0 Å². The third kappa shape index (κ3) is 2.54. The Morgan fingerprint density at radius 2 is 2.07 bits per heavy atom. The number of aromatic nitrogens is 3. The topological polar surface area (TPSA) is 77.0 Å². The van der Waals surface area contributed by atoms with E-state index in [1.165, 1.54) is 0 Å². The molecular formula is C10H20N4O. The summed E-state index contributed by atoms with van der Waals surface area (Å²) >= 11 is 0. The Balaban J connectivity index is 2.86. The van der Waals surface area contributed by atoms with Crippen LogP contribution in [0.3, 0.4) is 0 Å². The van der Waals surface area contributed by atoms with Crippen LogP contribution in [0.1, 0.15) is 26.5 Å². The molecule has 0 bridgehead atoms. The van der Waals surface area contributed by atoms with Gasteiger partial charge in [0.25, 0.3) is 0 Å². The maximum absolute atomic E-state index is 10.4. The first kappa shape index (κ1) is 12.1. The fourth-order valence-electron chi connectivity index (χ4n) is 1.42. The molecule has 0 aliphatic rings. The smallest absolute Gasteiger partial charge is 0.0873 e. The van der Waals surface area contributed by atoms with E-state index < -0.39 is 5.60 Å². The molecule has 0 saturated heterocycles. The molecule has 1 atom stereocenters. The van der Waals surface area contributed by atoms with Gasteiger partial charge in [-0.15, -0.1) is 5.10 Å². The monoisotopic (exact) mass is 212 g/mol. The van der Waals surface area contributed by atoms with Crippen molar-refractivity contribution < 1.29 is 5.11 Å². The van der Waals surface area contributed by atoms with Gasteiger partial charge >= 0.3 is 0 Å². The summed E-state index contributed by atoms with van der Waals surface area (Å²) in [5, 5.41) is 18.2. The average Bonchev–Trinajstić information content (AvgIpc) is 2.49. The molecule has 0 aliphatic heterocycles. The van der Waals surface area contributed by atoms with E-state index >= 15 is 0 Å². The van der Waals surface area contributed by atoms with Crippen LogP contribution in [0.5, 0.6) is 0 Å². The second-order valence-electron chi connectivity index (χ2n) is 5.05. The highest BCUT2D eigenvalue weighted by Crippen LogP contribution is 2.31. The van der Waals surface area contributed by atoms with Gasteiger partial charge in [0.2, 0.25) is 0 Å². The summed E-state index contributed by atoms with van der Waals surface area (Å²) in [7, 11) is 1.80. The summed E-state index contributed by atoms with van der Waals surface area (Å²) in [4.78, 5) is 0. The first-order chi connectivity index (χ1) is 6.78. The molecule has 3 N–H and O–H groups in total. The largest absolute Gasteiger partial charge is 0.388 e. The van der Waals surface area contributed by atoms with Gasteiger partial charge in [0.1, 0.15) is 0 Å². The summed E-state index contributed by atoms with van der Waals surface area (Å²) in [5.41, 5.74) is 5.19. The zero-order chi connectivity index (χ0) is 11.7. The van der Waals surface area contributed by atoms with Gasteiger partial charge in [-0.3, -0.25) is 4.68 Å². The minimum absolute atomic E-state index is 0.215. The van der Waals surface area contributed by atoms with Crippen molar-refractivity contribution in [2.45, 2.75) is 32.8 Å². The lowest BCUT2D eigenvalue weighted by Crippen LogP contribution is -2.51.